The van der Waals surface area contributed by atoms with Crippen LogP contribution in [0.3, 0.4) is 0 Å². The van der Waals surface area contributed by atoms with Gasteiger partial charge < -0.3 is 24.2 Å². The highest BCUT2D eigenvalue weighted by Gasteiger charge is 2.37. The summed E-state index contributed by atoms with van der Waals surface area (Å²) in [6.07, 6.45) is 1.80. The molecule has 3 amide bonds. The van der Waals surface area contributed by atoms with Crippen molar-refractivity contribution in [2.75, 3.05) is 26.2 Å². The molecule has 0 atom stereocenters. The second kappa shape index (κ2) is 10.2. The van der Waals surface area contributed by atoms with Gasteiger partial charge in [0.2, 0.25) is 5.43 Å². The van der Waals surface area contributed by atoms with Crippen LogP contribution in [0.5, 0.6) is 5.75 Å². The number of hydrogen-bond donors (Lipinski definition) is 1. The standard InChI is InChI=1S/C24H27FN4O6/c1-2-35-24(34)26-10-8-17(9-11-26)28-13-12-27-15-18(20(30)21(31)19(27)23(28)33)22(32)29(25)14-16-6-4-3-5-7-16/h3-7,15,17,31H,2,8-14H2,1H3. The molecule has 0 unspecified atom stereocenters. The first-order valence-corrected chi connectivity index (χ1v) is 11.5. The first kappa shape index (κ1) is 24.2. The van der Waals surface area contributed by atoms with Crippen molar-refractivity contribution in [3.05, 3.63) is 63.6 Å². The summed E-state index contributed by atoms with van der Waals surface area (Å²) in [6.45, 7) is 3.01. The van der Waals surface area contributed by atoms with E-state index in [0.29, 0.717) is 31.5 Å². The fraction of sp³-hybridized carbons (Fsp3) is 0.417. The van der Waals surface area contributed by atoms with Crippen molar-refractivity contribution in [2.24, 2.45) is 0 Å². The third kappa shape index (κ3) is 4.84. The van der Waals surface area contributed by atoms with Crippen LogP contribution in [-0.2, 0) is 17.8 Å². The predicted octanol–water partition coefficient (Wildman–Crippen LogP) is 2.16. The number of amides is 3. The quantitative estimate of drug-likeness (QED) is 0.649. The molecule has 0 aliphatic carbocycles. The third-order valence-electron chi connectivity index (χ3n) is 6.35. The SMILES string of the molecule is CCOC(=O)N1CCC(N2CCn3cc(C(=O)N(F)Cc4ccccc4)c(=O)c(O)c3C2=O)CC1. The van der Waals surface area contributed by atoms with E-state index >= 15 is 0 Å². The number of halogens is 1. The van der Waals surface area contributed by atoms with E-state index in [2.05, 4.69) is 0 Å². The van der Waals surface area contributed by atoms with Crippen molar-refractivity contribution in [1.82, 2.24) is 19.5 Å². The average Bonchev–Trinajstić information content (AvgIpc) is 2.86. The summed E-state index contributed by atoms with van der Waals surface area (Å²) in [6, 6.07) is 8.26. The molecule has 1 fully saturated rings. The molecular formula is C24H27FN4O6. The summed E-state index contributed by atoms with van der Waals surface area (Å²) in [7, 11) is 0. The molecule has 2 aliphatic heterocycles. The number of fused-ring (bicyclic) bond motifs is 1. The number of aromatic nitrogens is 1. The van der Waals surface area contributed by atoms with E-state index < -0.39 is 34.6 Å². The Morgan fingerprint density at radius 1 is 1.11 bits per heavy atom. The number of piperidine rings is 1. The van der Waals surface area contributed by atoms with Crippen LogP contribution >= 0.6 is 0 Å². The molecule has 3 heterocycles. The largest absolute Gasteiger partial charge is 0.503 e. The van der Waals surface area contributed by atoms with E-state index in [4.69, 9.17) is 4.74 Å². The van der Waals surface area contributed by atoms with E-state index in [1.54, 1.807) is 47.1 Å². The molecule has 2 aliphatic rings. The Balaban J connectivity index is 1.50. The monoisotopic (exact) mass is 486 g/mol. The van der Waals surface area contributed by atoms with Crippen LogP contribution in [0.1, 0.15) is 46.2 Å². The molecule has 0 saturated carbocycles. The van der Waals surface area contributed by atoms with E-state index in [-0.39, 0.29) is 43.1 Å². The smallest absolute Gasteiger partial charge is 0.409 e. The summed E-state index contributed by atoms with van der Waals surface area (Å²) in [4.78, 5) is 53.6. The molecule has 10 nitrogen and oxygen atoms in total. The first-order chi connectivity index (χ1) is 16.8. The van der Waals surface area contributed by atoms with Crippen LogP contribution in [0.15, 0.2) is 41.3 Å². The van der Waals surface area contributed by atoms with Gasteiger partial charge >= 0.3 is 6.09 Å². The molecular weight excluding hydrogens is 459 g/mol. The zero-order chi connectivity index (χ0) is 25.1. The highest BCUT2D eigenvalue weighted by molar-refractivity contribution is 5.99. The molecule has 4 rings (SSSR count). The summed E-state index contributed by atoms with van der Waals surface area (Å²) in [5, 5.41) is 10.5. The van der Waals surface area contributed by atoms with Gasteiger partial charge in [0.25, 0.3) is 11.8 Å². The molecule has 186 valence electrons. The van der Waals surface area contributed by atoms with Crippen LogP contribution in [0.4, 0.5) is 9.28 Å². The zero-order valence-electron chi connectivity index (χ0n) is 19.4. The number of rotatable bonds is 5. The maximum Gasteiger partial charge on any atom is 0.409 e. The van der Waals surface area contributed by atoms with Crippen molar-refractivity contribution in [3.8, 4) is 5.75 Å². The fourth-order valence-corrected chi connectivity index (χ4v) is 4.53. The van der Waals surface area contributed by atoms with Crippen LogP contribution in [0, 0.1) is 0 Å². The molecule has 0 spiro atoms. The zero-order valence-corrected chi connectivity index (χ0v) is 19.4. The number of carbonyl (C=O) groups excluding carboxylic acids is 3. The second-order valence-electron chi connectivity index (χ2n) is 8.49. The first-order valence-electron chi connectivity index (χ1n) is 11.5. The number of hydrogen-bond acceptors (Lipinski definition) is 6. The molecule has 0 radical (unpaired) electrons. The van der Waals surface area contributed by atoms with E-state index in [1.807, 2.05) is 0 Å². The Hall–Kier alpha value is -3.89. The summed E-state index contributed by atoms with van der Waals surface area (Å²) in [5.41, 5.74) is -1.33. The Kier molecular flexibility index (Phi) is 7.04. The van der Waals surface area contributed by atoms with Crippen molar-refractivity contribution < 1.29 is 28.7 Å². The minimum atomic E-state index is -1.19. The van der Waals surface area contributed by atoms with E-state index in [9.17, 15) is 28.8 Å². The Morgan fingerprint density at radius 3 is 2.46 bits per heavy atom. The van der Waals surface area contributed by atoms with Crippen molar-refractivity contribution >= 4 is 17.9 Å². The number of likely N-dealkylation sites (tertiary alicyclic amines) is 1. The predicted molar refractivity (Wildman–Crippen MR) is 122 cm³/mol. The molecule has 1 aromatic carbocycles. The van der Waals surface area contributed by atoms with Crippen LogP contribution < -0.4 is 5.43 Å². The Bertz CT molecular complexity index is 1180. The Morgan fingerprint density at radius 2 is 1.80 bits per heavy atom. The van der Waals surface area contributed by atoms with Gasteiger partial charge in [0.05, 0.1) is 13.2 Å². The lowest BCUT2D eigenvalue weighted by atomic mass is 10.0. The van der Waals surface area contributed by atoms with Crippen molar-refractivity contribution in [2.45, 2.75) is 38.9 Å². The highest BCUT2D eigenvalue weighted by atomic mass is 19.2. The summed E-state index contributed by atoms with van der Waals surface area (Å²) < 4.78 is 20.9. The van der Waals surface area contributed by atoms with Crippen LogP contribution in [0.2, 0.25) is 0 Å². The van der Waals surface area contributed by atoms with Gasteiger partial charge in [-0.2, -0.15) is 5.12 Å². The molecule has 1 aromatic heterocycles. The number of pyridine rings is 1. The van der Waals surface area contributed by atoms with Gasteiger partial charge in [0, 0.05) is 38.4 Å². The van der Waals surface area contributed by atoms with Gasteiger partial charge in [-0.1, -0.05) is 34.8 Å². The number of benzene rings is 1. The molecule has 35 heavy (non-hydrogen) atoms. The van der Waals surface area contributed by atoms with Gasteiger partial charge in [0.15, 0.2) is 11.4 Å². The number of carbonyl (C=O) groups is 3. The minimum Gasteiger partial charge on any atom is -0.503 e. The van der Waals surface area contributed by atoms with Crippen molar-refractivity contribution in [3.63, 3.8) is 0 Å². The lowest BCUT2D eigenvalue weighted by molar-refractivity contribution is 0.0144. The van der Waals surface area contributed by atoms with Gasteiger partial charge in [0.1, 0.15) is 5.56 Å². The fourth-order valence-electron chi connectivity index (χ4n) is 4.53. The minimum absolute atomic E-state index is 0.0905. The molecule has 1 saturated heterocycles. The normalized spacial score (nSPS) is 16.1. The van der Waals surface area contributed by atoms with Gasteiger partial charge in [-0.05, 0) is 25.3 Å². The van der Waals surface area contributed by atoms with Gasteiger partial charge in [-0.15, -0.1) is 0 Å². The molecule has 11 heteroatoms. The number of aromatic hydroxyl groups is 1. The molecule has 1 N–H and O–H groups in total. The number of nitrogens with zero attached hydrogens (tertiary/aromatic N) is 4. The number of ether oxygens (including phenoxy) is 1. The van der Waals surface area contributed by atoms with Crippen LogP contribution in [-0.4, -0.2) is 74.8 Å². The van der Waals surface area contributed by atoms with E-state index in [1.165, 1.54) is 4.57 Å². The highest BCUT2D eigenvalue weighted by Crippen LogP contribution is 2.26. The maximum absolute atomic E-state index is 14.6. The topological polar surface area (TPSA) is 112 Å². The lowest BCUT2D eigenvalue weighted by Crippen LogP contribution is -2.52. The van der Waals surface area contributed by atoms with Gasteiger partial charge in [-0.25, -0.2) is 4.79 Å². The van der Waals surface area contributed by atoms with Crippen LogP contribution in [0.25, 0.3) is 0 Å². The van der Waals surface area contributed by atoms with E-state index in [0.717, 1.165) is 6.20 Å². The van der Waals surface area contributed by atoms with Gasteiger partial charge in [-0.3, -0.25) is 14.4 Å². The second-order valence-corrected chi connectivity index (χ2v) is 8.49. The van der Waals surface area contributed by atoms with Crippen molar-refractivity contribution in [1.29, 1.82) is 0 Å². The third-order valence-corrected chi connectivity index (χ3v) is 6.35. The summed E-state index contributed by atoms with van der Waals surface area (Å²) in [5.74, 6) is -2.60. The Labute approximate surface area is 201 Å². The molecule has 2 aromatic rings. The summed E-state index contributed by atoms with van der Waals surface area (Å²) >= 11 is 0. The average molecular weight is 487 g/mol. The molecule has 0 bridgehead atoms. The lowest BCUT2D eigenvalue weighted by Gasteiger charge is -2.40. The maximum atomic E-state index is 14.6.